The van der Waals surface area contributed by atoms with Crippen molar-refractivity contribution in [3.8, 4) is 0 Å². The van der Waals surface area contributed by atoms with E-state index in [9.17, 15) is 0 Å². The first-order chi connectivity index (χ1) is 10.3. The molecule has 2 heteroatoms. The molecule has 0 bridgehead atoms. The second kappa shape index (κ2) is 9.22. The zero-order valence-corrected chi connectivity index (χ0v) is 13.9. The van der Waals surface area contributed by atoms with Crippen molar-refractivity contribution in [1.29, 1.82) is 0 Å². The smallest absolute Gasteiger partial charge is 0.00508 e. The lowest BCUT2D eigenvalue weighted by Gasteiger charge is -2.32. The van der Waals surface area contributed by atoms with E-state index in [0.29, 0.717) is 6.04 Å². The fraction of sp³-hybridized carbons (Fsp3) is 0.684. The van der Waals surface area contributed by atoms with Gasteiger partial charge in [-0.25, -0.2) is 0 Å². The maximum atomic E-state index is 3.59. The van der Waals surface area contributed by atoms with Gasteiger partial charge in [-0.1, -0.05) is 37.3 Å². The quantitative estimate of drug-likeness (QED) is 0.784. The van der Waals surface area contributed by atoms with Gasteiger partial charge in [0, 0.05) is 6.04 Å². The zero-order valence-electron chi connectivity index (χ0n) is 13.9. The third kappa shape index (κ3) is 6.19. The van der Waals surface area contributed by atoms with E-state index in [1.165, 1.54) is 57.3 Å². The number of likely N-dealkylation sites (tertiary alicyclic amines) is 1. The van der Waals surface area contributed by atoms with E-state index in [1.54, 1.807) is 0 Å². The van der Waals surface area contributed by atoms with Crippen molar-refractivity contribution >= 4 is 0 Å². The van der Waals surface area contributed by atoms with Crippen molar-refractivity contribution in [3.05, 3.63) is 35.9 Å². The molecule has 1 atom stereocenters. The third-order valence-electron chi connectivity index (χ3n) is 4.70. The summed E-state index contributed by atoms with van der Waals surface area (Å²) >= 11 is 0. The van der Waals surface area contributed by atoms with Gasteiger partial charge in [0.25, 0.3) is 0 Å². The first-order valence-electron chi connectivity index (χ1n) is 8.77. The largest absolute Gasteiger partial charge is 0.314 e. The van der Waals surface area contributed by atoms with Crippen LogP contribution in [0.1, 0.15) is 45.1 Å². The van der Waals surface area contributed by atoms with Crippen LogP contribution in [-0.2, 0) is 6.42 Å². The van der Waals surface area contributed by atoms with Crippen LogP contribution in [0.15, 0.2) is 30.3 Å². The number of benzene rings is 1. The molecule has 21 heavy (non-hydrogen) atoms. The summed E-state index contributed by atoms with van der Waals surface area (Å²) in [6, 6.07) is 11.6. The second-order valence-electron chi connectivity index (χ2n) is 6.62. The van der Waals surface area contributed by atoms with E-state index < -0.39 is 0 Å². The van der Waals surface area contributed by atoms with E-state index in [1.807, 2.05) is 0 Å². The monoisotopic (exact) mass is 288 g/mol. The standard InChI is InChI=1S/C19H32N2/c1-3-12-20-17(2)9-13-21-14-10-19(11-15-21)16-18-7-5-4-6-8-18/h4-8,17,19-20H,3,9-16H2,1-2H3. The van der Waals surface area contributed by atoms with Crippen LogP contribution in [0.3, 0.4) is 0 Å². The Morgan fingerprint density at radius 2 is 1.90 bits per heavy atom. The highest BCUT2D eigenvalue weighted by Crippen LogP contribution is 2.21. The highest BCUT2D eigenvalue weighted by atomic mass is 15.1. The molecule has 2 nitrogen and oxygen atoms in total. The Labute approximate surface area is 130 Å². The molecule has 1 aliphatic rings. The highest BCUT2D eigenvalue weighted by Gasteiger charge is 2.19. The topological polar surface area (TPSA) is 15.3 Å². The minimum absolute atomic E-state index is 0.659. The number of piperidine rings is 1. The zero-order chi connectivity index (χ0) is 14.9. The molecule has 0 aliphatic carbocycles. The van der Waals surface area contributed by atoms with Gasteiger partial charge in [0.05, 0.1) is 0 Å². The van der Waals surface area contributed by atoms with Crippen LogP contribution < -0.4 is 5.32 Å². The number of rotatable bonds is 8. The Hall–Kier alpha value is -0.860. The van der Waals surface area contributed by atoms with Gasteiger partial charge in [0.15, 0.2) is 0 Å². The number of nitrogens with one attached hydrogen (secondary N) is 1. The summed E-state index contributed by atoms with van der Waals surface area (Å²) in [5, 5.41) is 3.59. The first kappa shape index (κ1) is 16.5. The van der Waals surface area contributed by atoms with Crippen LogP contribution in [0, 0.1) is 5.92 Å². The molecule has 2 rings (SSSR count). The van der Waals surface area contributed by atoms with E-state index in [0.717, 1.165) is 12.5 Å². The lowest BCUT2D eigenvalue weighted by Crippen LogP contribution is -2.38. The molecule has 0 aromatic heterocycles. The number of nitrogens with zero attached hydrogens (tertiary/aromatic N) is 1. The molecule has 118 valence electrons. The van der Waals surface area contributed by atoms with Crippen LogP contribution in [0.25, 0.3) is 0 Å². The molecule has 1 aromatic carbocycles. The third-order valence-corrected chi connectivity index (χ3v) is 4.70. The summed E-state index contributed by atoms with van der Waals surface area (Å²) < 4.78 is 0. The molecule has 1 fully saturated rings. The maximum Gasteiger partial charge on any atom is 0.00508 e. The van der Waals surface area contributed by atoms with Crippen LogP contribution in [0.4, 0.5) is 0 Å². The predicted octanol–water partition coefficient (Wildman–Crippen LogP) is 3.72. The lowest BCUT2D eigenvalue weighted by atomic mass is 9.90. The normalized spacial score (nSPS) is 18.8. The lowest BCUT2D eigenvalue weighted by molar-refractivity contribution is 0.177. The van der Waals surface area contributed by atoms with E-state index in [2.05, 4.69) is 54.4 Å². The SMILES string of the molecule is CCCNC(C)CCN1CCC(Cc2ccccc2)CC1. The van der Waals surface area contributed by atoms with Gasteiger partial charge in [-0.3, -0.25) is 0 Å². The fourth-order valence-corrected chi connectivity index (χ4v) is 3.23. The van der Waals surface area contributed by atoms with Crippen molar-refractivity contribution in [2.24, 2.45) is 5.92 Å². The summed E-state index contributed by atoms with van der Waals surface area (Å²) in [6.07, 6.45) is 6.51. The average Bonchev–Trinajstić information content (AvgIpc) is 2.53. The minimum Gasteiger partial charge on any atom is -0.314 e. The molecule has 1 aliphatic heterocycles. The van der Waals surface area contributed by atoms with Crippen LogP contribution in [0.2, 0.25) is 0 Å². The second-order valence-corrected chi connectivity index (χ2v) is 6.62. The van der Waals surface area contributed by atoms with Crippen LogP contribution in [-0.4, -0.2) is 37.1 Å². The predicted molar refractivity (Wildman–Crippen MR) is 91.7 cm³/mol. The van der Waals surface area contributed by atoms with E-state index >= 15 is 0 Å². The maximum absolute atomic E-state index is 3.59. The van der Waals surface area contributed by atoms with Crippen molar-refractivity contribution < 1.29 is 0 Å². The fourth-order valence-electron chi connectivity index (χ4n) is 3.23. The molecule has 1 heterocycles. The molecule has 1 aromatic rings. The summed E-state index contributed by atoms with van der Waals surface area (Å²) in [5.74, 6) is 0.888. The number of hydrogen-bond acceptors (Lipinski definition) is 2. The minimum atomic E-state index is 0.659. The summed E-state index contributed by atoms with van der Waals surface area (Å²) in [6.45, 7) is 9.54. The van der Waals surface area contributed by atoms with Crippen LogP contribution in [0.5, 0.6) is 0 Å². The Kier molecular flexibility index (Phi) is 7.25. The molecular formula is C19H32N2. The van der Waals surface area contributed by atoms with Gasteiger partial charge in [0.2, 0.25) is 0 Å². The molecule has 0 saturated carbocycles. The molecule has 1 N–H and O–H groups in total. The summed E-state index contributed by atoms with van der Waals surface area (Å²) in [5.41, 5.74) is 1.51. The Bertz CT molecular complexity index is 368. The Morgan fingerprint density at radius 1 is 1.19 bits per heavy atom. The van der Waals surface area contributed by atoms with Crippen molar-refractivity contribution in [1.82, 2.24) is 10.2 Å². The summed E-state index contributed by atoms with van der Waals surface area (Å²) in [7, 11) is 0. The molecule has 1 saturated heterocycles. The number of hydrogen-bond donors (Lipinski definition) is 1. The van der Waals surface area contributed by atoms with Crippen LogP contribution >= 0.6 is 0 Å². The van der Waals surface area contributed by atoms with Gasteiger partial charge >= 0.3 is 0 Å². The first-order valence-corrected chi connectivity index (χ1v) is 8.77. The van der Waals surface area contributed by atoms with Crippen molar-refractivity contribution in [2.45, 2.75) is 52.0 Å². The molecule has 1 unspecified atom stereocenters. The van der Waals surface area contributed by atoms with Gasteiger partial charge < -0.3 is 10.2 Å². The summed E-state index contributed by atoms with van der Waals surface area (Å²) in [4.78, 5) is 2.66. The van der Waals surface area contributed by atoms with Gasteiger partial charge in [-0.15, -0.1) is 0 Å². The Balaban J connectivity index is 1.62. The molecule has 0 spiro atoms. The van der Waals surface area contributed by atoms with Crippen molar-refractivity contribution in [2.75, 3.05) is 26.2 Å². The highest BCUT2D eigenvalue weighted by molar-refractivity contribution is 5.15. The molecule has 0 amide bonds. The van der Waals surface area contributed by atoms with Gasteiger partial charge in [0.1, 0.15) is 0 Å². The van der Waals surface area contributed by atoms with Crippen molar-refractivity contribution in [3.63, 3.8) is 0 Å². The Morgan fingerprint density at radius 3 is 2.57 bits per heavy atom. The van der Waals surface area contributed by atoms with Gasteiger partial charge in [-0.2, -0.15) is 0 Å². The average molecular weight is 288 g/mol. The van der Waals surface area contributed by atoms with E-state index in [4.69, 9.17) is 0 Å². The molecular weight excluding hydrogens is 256 g/mol. The van der Waals surface area contributed by atoms with Gasteiger partial charge in [-0.05, 0) is 76.7 Å². The molecule has 0 radical (unpaired) electrons. The van der Waals surface area contributed by atoms with E-state index in [-0.39, 0.29) is 0 Å².